The highest BCUT2D eigenvalue weighted by molar-refractivity contribution is 6.31. The Bertz CT molecular complexity index is 855. The molecule has 0 aliphatic heterocycles. The zero-order chi connectivity index (χ0) is 21.2. The maximum Gasteiger partial charge on any atom is 0.411 e. The fourth-order valence-electron chi connectivity index (χ4n) is 2.51. The molecule has 0 bridgehead atoms. The minimum atomic E-state index is -1.02. The predicted octanol–water partition coefficient (Wildman–Crippen LogP) is 3.27. The highest BCUT2D eigenvalue weighted by Gasteiger charge is 2.21. The average Bonchev–Trinajstić information content (AvgIpc) is 2.70. The Morgan fingerprint density at radius 3 is 2.38 bits per heavy atom. The Hall–Kier alpha value is -3.06. The summed E-state index contributed by atoms with van der Waals surface area (Å²) in [6.45, 7) is 3.19. The van der Waals surface area contributed by atoms with Crippen molar-refractivity contribution in [3.05, 3.63) is 64.7 Å². The van der Waals surface area contributed by atoms with Gasteiger partial charge < -0.3 is 15.4 Å². The summed E-state index contributed by atoms with van der Waals surface area (Å²) in [6, 6.07) is 13.4. The number of hydrogen-bond donors (Lipinski definition) is 3. The number of rotatable bonds is 8. The summed E-state index contributed by atoms with van der Waals surface area (Å²) >= 11 is 6.07. The van der Waals surface area contributed by atoms with E-state index >= 15 is 0 Å². The molecule has 2 aromatic carbocycles. The summed E-state index contributed by atoms with van der Waals surface area (Å²) in [7, 11) is 0. The van der Waals surface area contributed by atoms with Gasteiger partial charge in [-0.15, -0.1) is 0 Å². The van der Waals surface area contributed by atoms with Crippen molar-refractivity contribution < 1.29 is 19.1 Å². The molecule has 3 amide bonds. The topological polar surface area (TPSA) is 96.5 Å². The van der Waals surface area contributed by atoms with Crippen molar-refractivity contribution in [3.63, 3.8) is 0 Å². The Labute approximate surface area is 174 Å². The lowest BCUT2D eigenvalue weighted by Crippen LogP contribution is -2.49. The van der Waals surface area contributed by atoms with E-state index in [1.54, 1.807) is 36.4 Å². The van der Waals surface area contributed by atoms with E-state index in [0.29, 0.717) is 10.7 Å². The molecule has 0 fully saturated rings. The van der Waals surface area contributed by atoms with Crippen LogP contribution in [0.4, 0.5) is 10.5 Å². The molecular weight excluding hydrogens is 394 g/mol. The molecule has 7 nitrogen and oxygen atoms in total. The molecular formula is C21H24ClN3O4. The van der Waals surface area contributed by atoms with Gasteiger partial charge in [-0.3, -0.25) is 14.9 Å². The van der Waals surface area contributed by atoms with Gasteiger partial charge in [0.2, 0.25) is 11.8 Å². The predicted molar refractivity (Wildman–Crippen MR) is 112 cm³/mol. The van der Waals surface area contributed by atoms with Crippen LogP contribution >= 0.6 is 11.6 Å². The molecule has 0 aliphatic rings. The smallest absolute Gasteiger partial charge is 0.411 e. The quantitative estimate of drug-likeness (QED) is 0.614. The molecule has 29 heavy (non-hydrogen) atoms. The maximum atomic E-state index is 12.4. The first-order valence-corrected chi connectivity index (χ1v) is 9.57. The van der Waals surface area contributed by atoms with Crippen molar-refractivity contribution >= 4 is 35.2 Å². The summed E-state index contributed by atoms with van der Waals surface area (Å²) < 4.78 is 5.11. The number of carbonyl (C=O) groups excluding carboxylic acids is 3. The second-order valence-corrected chi connectivity index (χ2v) is 6.74. The van der Waals surface area contributed by atoms with E-state index in [4.69, 9.17) is 16.3 Å². The number of amides is 3. The van der Waals surface area contributed by atoms with Gasteiger partial charge in [0.15, 0.2) is 0 Å². The van der Waals surface area contributed by atoms with Crippen LogP contribution in [0.1, 0.15) is 25.0 Å². The molecule has 0 saturated carbocycles. The molecule has 0 heterocycles. The zero-order valence-electron chi connectivity index (χ0n) is 16.3. The van der Waals surface area contributed by atoms with E-state index in [-0.39, 0.29) is 13.2 Å². The first-order valence-electron chi connectivity index (χ1n) is 9.20. The molecule has 154 valence electrons. The van der Waals surface area contributed by atoms with Gasteiger partial charge in [-0.05, 0) is 35.7 Å². The molecule has 1 unspecified atom stereocenters. The molecule has 0 aromatic heterocycles. The summed E-state index contributed by atoms with van der Waals surface area (Å²) in [6.07, 6.45) is 0.176. The third kappa shape index (κ3) is 7.46. The Balaban J connectivity index is 1.89. The number of carbonyl (C=O) groups is 3. The fourth-order valence-corrected chi connectivity index (χ4v) is 2.71. The van der Waals surface area contributed by atoms with E-state index in [0.717, 1.165) is 17.5 Å². The van der Waals surface area contributed by atoms with Crippen LogP contribution in [0.15, 0.2) is 48.5 Å². The molecule has 8 heteroatoms. The molecule has 2 rings (SSSR count). The van der Waals surface area contributed by atoms with Crippen LogP contribution in [0, 0.1) is 0 Å². The second-order valence-electron chi connectivity index (χ2n) is 6.34. The number of anilines is 1. The lowest BCUT2D eigenvalue weighted by Gasteiger charge is -2.18. The largest absolute Gasteiger partial charge is 0.447 e. The number of hydrogen-bond acceptors (Lipinski definition) is 4. The van der Waals surface area contributed by atoms with Crippen LogP contribution < -0.4 is 16.0 Å². The molecule has 0 radical (unpaired) electrons. The van der Waals surface area contributed by atoms with E-state index in [9.17, 15) is 14.4 Å². The van der Waals surface area contributed by atoms with Crippen LogP contribution in [0.5, 0.6) is 0 Å². The lowest BCUT2D eigenvalue weighted by molar-refractivity contribution is -0.129. The van der Waals surface area contributed by atoms with Gasteiger partial charge in [0, 0.05) is 24.2 Å². The van der Waals surface area contributed by atoms with Crippen molar-refractivity contribution in [2.24, 2.45) is 0 Å². The van der Waals surface area contributed by atoms with Gasteiger partial charge in [0.05, 0.1) is 0 Å². The van der Waals surface area contributed by atoms with Crippen molar-refractivity contribution in [1.29, 1.82) is 0 Å². The Morgan fingerprint density at radius 1 is 1.07 bits per heavy atom. The van der Waals surface area contributed by atoms with Gasteiger partial charge >= 0.3 is 6.09 Å². The van der Waals surface area contributed by atoms with Crippen LogP contribution in [-0.2, 0) is 27.3 Å². The highest BCUT2D eigenvalue weighted by atomic mass is 35.5. The van der Waals surface area contributed by atoms with Crippen LogP contribution in [-0.4, -0.2) is 30.6 Å². The molecule has 3 N–H and O–H groups in total. The Kier molecular flexibility index (Phi) is 8.48. The number of ether oxygens (including phenoxy) is 1. The zero-order valence-corrected chi connectivity index (χ0v) is 17.1. The molecule has 1 atom stereocenters. The highest BCUT2D eigenvalue weighted by Crippen LogP contribution is 2.14. The van der Waals surface area contributed by atoms with Gasteiger partial charge in [-0.25, -0.2) is 4.79 Å². The number of benzene rings is 2. The molecule has 0 saturated heterocycles. The summed E-state index contributed by atoms with van der Waals surface area (Å²) in [5.74, 6) is -0.901. The third-order valence-corrected chi connectivity index (χ3v) is 4.46. The second kappa shape index (κ2) is 11.1. The monoisotopic (exact) mass is 417 g/mol. The van der Waals surface area contributed by atoms with Crippen molar-refractivity contribution in [3.8, 4) is 0 Å². The summed E-state index contributed by atoms with van der Waals surface area (Å²) in [5, 5.41) is 8.26. The van der Waals surface area contributed by atoms with Crippen molar-refractivity contribution in [1.82, 2.24) is 10.6 Å². The normalized spacial score (nSPS) is 11.3. The first kappa shape index (κ1) is 22.2. The number of aryl methyl sites for hydroxylation is 1. The van der Waals surface area contributed by atoms with E-state index in [1.165, 1.54) is 6.92 Å². The van der Waals surface area contributed by atoms with Crippen LogP contribution in [0.3, 0.4) is 0 Å². The standard InChI is InChI=1S/C21H24ClN3O4/c1-3-15-8-10-17(11-9-15)25-21(28)29-13-19(24-14(2)26)20(27)23-12-16-6-4-5-7-18(16)22/h4-11,19H,3,12-13H2,1-2H3,(H,23,27)(H,24,26)(H,25,28). The summed E-state index contributed by atoms with van der Waals surface area (Å²) in [5.41, 5.74) is 2.45. The van der Waals surface area contributed by atoms with E-state index < -0.39 is 23.9 Å². The summed E-state index contributed by atoms with van der Waals surface area (Å²) in [4.78, 5) is 35.8. The lowest BCUT2D eigenvalue weighted by atomic mass is 10.1. The van der Waals surface area contributed by atoms with E-state index in [1.807, 2.05) is 19.1 Å². The van der Waals surface area contributed by atoms with Crippen LogP contribution in [0.2, 0.25) is 5.02 Å². The average molecular weight is 418 g/mol. The first-order chi connectivity index (χ1) is 13.9. The minimum absolute atomic E-state index is 0.185. The number of nitrogens with one attached hydrogen (secondary N) is 3. The third-order valence-electron chi connectivity index (χ3n) is 4.09. The van der Waals surface area contributed by atoms with E-state index in [2.05, 4.69) is 16.0 Å². The Morgan fingerprint density at radius 2 is 1.76 bits per heavy atom. The van der Waals surface area contributed by atoms with Crippen LogP contribution in [0.25, 0.3) is 0 Å². The SMILES string of the molecule is CCc1ccc(NC(=O)OCC(NC(C)=O)C(=O)NCc2ccccc2Cl)cc1. The molecule has 0 aliphatic carbocycles. The van der Waals surface area contributed by atoms with Gasteiger partial charge in [-0.2, -0.15) is 0 Å². The van der Waals surface area contributed by atoms with Gasteiger partial charge in [-0.1, -0.05) is 48.9 Å². The van der Waals surface area contributed by atoms with Crippen molar-refractivity contribution in [2.45, 2.75) is 32.9 Å². The van der Waals surface area contributed by atoms with Gasteiger partial charge in [0.25, 0.3) is 0 Å². The molecule has 0 spiro atoms. The fraction of sp³-hybridized carbons (Fsp3) is 0.286. The van der Waals surface area contributed by atoms with Gasteiger partial charge in [0.1, 0.15) is 12.6 Å². The molecule has 2 aromatic rings. The maximum absolute atomic E-state index is 12.4. The minimum Gasteiger partial charge on any atom is -0.447 e. The van der Waals surface area contributed by atoms with Crippen molar-refractivity contribution in [2.75, 3.05) is 11.9 Å². The number of halogens is 1.